The molecular weight excluding hydrogens is 322 g/mol. The second-order valence-corrected chi connectivity index (χ2v) is 7.55. The van der Waals surface area contributed by atoms with Gasteiger partial charge >= 0.3 is 0 Å². The molecule has 5 nitrogen and oxygen atoms in total. The van der Waals surface area contributed by atoms with Crippen molar-refractivity contribution in [3.8, 4) is 0 Å². The highest BCUT2D eigenvalue weighted by molar-refractivity contribution is 5.79. The van der Waals surface area contributed by atoms with Crippen LogP contribution in [0.15, 0.2) is 35.3 Å². The minimum Gasteiger partial charge on any atom is -0.357 e. The summed E-state index contributed by atoms with van der Waals surface area (Å²) in [5.41, 5.74) is 1.42. The third-order valence-corrected chi connectivity index (χ3v) is 5.21. The van der Waals surface area contributed by atoms with E-state index in [4.69, 9.17) is 0 Å². The third kappa shape index (κ3) is 6.96. The normalized spacial score (nSPS) is 19.5. The first-order valence-corrected chi connectivity index (χ1v) is 10.3. The molecule has 144 valence electrons. The fourth-order valence-corrected chi connectivity index (χ4v) is 3.38. The van der Waals surface area contributed by atoms with Gasteiger partial charge in [-0.05, 0) is 44.2 Å². The van der Waals surface area contributed by atoms with Gasteiger partial charge in [0.1, 0.15) is 0 Å². The standard InChI is InChI=1S/C21H35N5/c1-2-22-21(24-17-19-9-10-19)23-11-6-12-25-13-15-26(16-14-25)18-20-7-4-3-5-8-20/h3-5,7-8,19H,2,6,9-18H2,1H3,(H2,22,23,24). The zero-order valence-electron chi connectivity index (χ0n) is 16.3. The predicted octanol–water partition coefficient (Wildman–Crippen LogP) is 2.16. The molecule has 1 aliphatic heterocycles. The summed E-state index contributed by atoms with van der Waals surface area (Å²) in [4.78, 5) is 9.85. The van der Waals surface area contributed by atoms with Gasteiger partial charge in [0.25, 0.3) is 0 Å². The number of hydrogen-bond donors (Lipinski definition) is 2. The molecule has 0 radical (unpaired) electrons. The summed E-state index contributed by atoms with van der Waals surface area (Å²) in [5, 5.41) is 6.84. The van der Waals surface area contributed by atoms with Gasteiger partial charge in [-0.2, -0.15) is 0 Å². The van der Waals surface area contributed by atoms with E-state index in [9.17, 15) is 0 Å². The van der Waals surface area contributed by atoms with Crippen molar-refractivity contribution in [3.05, 3.63) is 35.9 Å². The molecule has 1 aliphatic carbocycles. The fourth-order valence-electron chi connectivity index (χ4n) is 3.38. The molecule has 2 N–H and O–H groups in total. The molecule has 0 spiro atoms. The number of nitrogens with one attached hydrogen (secondary N) is 2. The lowest BCUT2D eigenvalue weighted by Gasteiger charge is -2.34. The maximum Gasteiger partial charge on any atom is 0.191 e. The Bertz CT molecular complexity index is 533. The van der Waals surface area contributed by atoms with E-state index in [-0.39, 0.29) is 0 Å². The van der Waals surface area contributed by atoms with Crippen LogP contribution < -0.4 is 10.6 Å². The molecule has 1 saturated heterocycles. The number of aliphatic imine (C=N–C) groups is 1. The van der Waals surface area contributed by atoms with Crippen LogP contribution in [-0.2, 0) is 6.54 Å². The molecule has 0 unspecified atom stereocenters. The highest BCUT2D eigenvalue weighted by Crippen LogP contribution is 2.28. The predicted molar refractivity (Wildman–Crippen MR) is 109 cm³/mol. The Hall–Kier alpha value is -1.59. The van der Waals surface area contributed by atoms with E-state index < -0.39 is 0 Å². The van der Waals surface area contributed by atoms with E-state index in [0.29, 0.717) is 0 Å². The summed E-state index contributed by atoms with van der Waals surface area (Å²) >= 11 is 0. The molecular formula is C21H35N5. The maximum absolute atomic E-state index is 4.68. The van der Waals surface area contributed by atoms with Gasteiger partial charge in [0.05, 0.1) is 0 Å². The molecule has 26 heavy (non-hydrogen) atoms. The molecule has 2 fully saturated rings. The minimum atomic E-state index is 0.845. The Balaban J connectivity index is 1.28. The Morgan fingerprint density at radius 1 is 1.04 bits per heavy atom. The third-order valence-electron chi connectivity index (χ3n) is 5.21. The summed E-state index contributed by atoms with van der Waals surface area (Å²) in [5.74, 6) is 1.84. The maximum atomic E-state index is 4.68. The van der Waals surface area contributed by atoms with Gasteiger partial charge in [0.2, 0.25) is 0 Å². The summed E-state index contributed by atoms with van der Waals surface area (Å²) < 4.78 is 0. The van der Waals surface area contributed by atoms with Crippen LogP contribution in [0.3, 0.4) is 0 Å². The van der Waals surface area contributed by atoms with Crippen LogP contribution >= 0.6 is 0 Å². The van der Waals surface area contributed by atoms with E-state index in [1.54, 1.807) is 0 Å². The molecule has 1 aromatic rings. The lowest BCUT2D eigenvalue weighted by atomic mass is 10.2. The van der Waals surface area contributed by atoms with Crippen molar-refractivity contribution in [2.45, 2.75) is 32.7 Å². The zero-order valence-corrected chi connectivity index (χ0v) is 16.3. The van der Waals surface area contributed by atoms with Crippen LogP contribution in [0.5, 0.6) is 0 Å². The van der Waals surface area contributed by atoms with E-state index in [1.807, 2.05) is 0 Å². The molecule has 2 aliphatic rings. The van der Waals surface area contributed by atoms with Crippen molar-refractivity contribution in [2.24, 2.45) is 10.9 Å². The Kier molecular flexibility index (Phi) is 7.77. The molecule has 0 amide bonds. The van der Waals surface area contributed by atoms with Crippen molar-refractivity contribution >= 4 is 5.96 Å². The van der Waals surface area contributed by atoms with Crippen molar-refractivity contribution < 1.29 is 0 Å². The smallest absolute Gasteiger partial charge is 0.191 e. The molecule has 5 heteroatoms. The SMILES string of the molecule is CCNC(=NCC1CC1)NCCCN1CCN(Cc2ccccc2)CC1. The van der Waals surface area contributed by atoms with Crippen LogP contribution in [-0.4, -0.2) is 68.1 Å². The average molecular weight is 358 g/mol. The van der Waals surface area contributed by atoms with Gasteiger partial charge in [-0.15, -0.1) is 0 Å². The summed E-state index contributed by atoms with van der Waals surface area (Å²) in [7, 11) is 0. The summed E-state index contributed by atoms with van der Waals surface area (Å²) in [6.07, 6.45) is 3.89. The van der Waals surface area contributed by atoms with Gasteiger partial charge in [0.15, 0.2) is 5.96 Å². The van der Waals surface area contributed by atoms with E-state index >= 15 is 0 Å². The zero-order chi connectivity index (χ0) is 18.0. The first-order chi connectivity index (χ1) is 12.8. The second kappa shape index (κ2) is 10.5. The lowest BCUT2D eigenvalue weighted by Crippen LogP contribution is -2.46. The van der Waals surface area contributed by atoms with Gasteiger partial charge < -0.3 is 15.5 Å². The number of guanidine groups is 1. The van der Waals surface area contributed by atoms with Crippen molar-refractivity contribution in [2.75, 3.05) is 52.4 Å². The molecule has 3 rings (SSSR count). The fraction of sp³-hybridized carbons (Fsp3) is 0.667. The van der Waals surface area contributed by atoms with Gasteiger partial charge in [-0.25, -0.2) is 0 Å². The Morgan fingerprint density at radius 3 is 2.46 bits per heavy atom. The minimum absolute atomic E-state index is 0.845. The molecule has 1 heterocycles. The van der Waals surface area contributed by atoms with Gasteiger partial charge in [-0.3, -0.25) is 9.89 Å². The van der Waals surface area contributed by atoms with Gasteiger partial charge in [-0.1, -0.05) is 30.3 Å². The molecule has 0 atom stereocenters. The molecule has 0 bridgehead atoms. The Morgan fingerprint density at radius 2 is 1.77 bits per heavy atom. The van der Waals surface area contributed by atoms with Crippen molar-refractivity contribution in [1.29, 1.82) is 0 Å². The van der Waals surface area contributed by atoms with Crippen LogP contribution in [0, 0.1) is 5.92 Å². The highest BCUT2D eigenvalue weighted by Gasteiger charge is 2.20. The number of benzene rings is 1. The number of piperazine rings is 1. The van der Waals surface area contributed by atoms with E-state index in [1.165, 1.54) is 57.5 Å². The Labute approximate surface area is 158 Å². The summed E-state index contributed by atoms with van der Waals surface area (Å²) in [6.45, 7) is 12.0. The summed E-state index contributed by atoms with van der Waals surface area (Å²) in [6, 6.07) is 10.8. The quantitative estimate of drug-likeness (QED) is 0.404. The molecule has 1 saturated carbocycles. The van der Waals surface area contributed by atoms with Crippen molar-refractivity contribution in [1.82, 2.24) is 20.4 Å². The van der Waals surface area contributed by atoms with Crippen LogP contribution in [0.4, 0.5) is 0 Å². The van der Waals surface area contributed by atoms with E-state index in [0.717, 1.165) is 38.1 Å². The highest BCUT2D eigenvalue weighted by atomic mass is 15.3. The second-order valence-electron chi connectivity index (χ2n) is 7.55. The monoisotopic (exact) mass is 357 g/mol. The average Bonchev–Trinajstić information content (AvgIpc) is 3.50. The number of rotatable bonds is 9. The number of hydrogen-bond acceptors (Lipinski definition) is 3. The molecule has 1 aromatic carbocycles. The van der Waals surface area contributed by atoms with Crippen LogP contribution in [0.2, 0.25) is 0 Å². The molecule has 0 aromatic heterocycles. The first-order valence-electron chi connectivity index (χ1n) is 10.3. The van der Waals surface area contributed by atoms with Gasteiger partial charge in [0, 0.05) is 52.4 Å². The van der Waals surface area contributed by atoms with E-state index in [2.05, 4.69) is 62.7 Å². The first kappa shape index (κ1) is 19.2. The van der Waals surface area contributed by atoms with Crippen LogP contribution in [0.1, 0.15) is 31.7 Å². The van der Waals surface area contributed by atoms with Crippen molar-refractivity contribution in [3.63, 3.8) is 0 Å². The van der Waals surface area contributed by atoms with Crippen LogP contribution in [0.25, 0.3) is 0 Å². The largest absolute Gasteiger partial charge is 0.357 e. The lowest BCUT2D eigenvalue weighted by molar-refractivity contribution is 0.126. The topological polar surface area (TPSA) is 42.9 Å². The number of nitrogens with zero attached hydrogens (tertiary/aromatic N) is 3.